The van der Waals surface area contributed by atoms with Crippen molar-refractivity contribution < 1.29 is 13.6 Å². The van der Waals surface area contributed by atoms with Gasteiger partial charge in [0.15, 0.2) is 0 Å². The molecule has 144 valence electrons. The molecule has 0 radical (unpaired) electrons. The summed E-state index contributed by atoms with van der Waals surface area (Å²) < 4.78 is 24.6. The van der Waals surface area contributed by atoms with Gasteiger partial charge < -0.3 is 13.9 Å². The highest BCUT2D eigenvalue weighted by Gasteiger charge is 2.23. The van der Waals surface area contributed by atoms with Crippen LogP contribution < -0.4 is 0 Å². The van der Waals surface area contributed by atoms with Gasteiger partial charge in [-0.05, 0) is 56.7 Å². The van der Waals surface area contributed by atoms with E-state index in [1.54, 1.807) is 17.2 Å². The fraction of sp³-hybridized carbons (Fsp3) is 0.444. The molecule has 1 aromatic heterocycles. The van der Waals surface area contributed by atoms with Crippen LogP contribution in [0, 0.1) is 0 Å². The van der Waals surface area contributed by atoms with Gasteiger partial charge in [0.25, 0.3) is 0 Å². The lowest BCUT2D eigenvalue weighted by Crippen LogP contribution is -2.18. The molecule has 4 nitrogen and oxygen atoms in total. The van der Waals surface area contributed by atoms with Gasteiger partial charge in [0.1, 0.15) is 0 Å². The Morgan fingerprint density at radius 2 is 1.96 bits per heavy atom. The minimum atomic E-state index is -3.20. The van der Waals surface area contributed by atoms with E-state index < -0.39 is 7.60 Å². The number of benzene rings is 1. The van der Waals surface area contributed by atoms with Gasteiger partial charge in [-0.1, -0.05) is 11.6 Å². The Bertz CT molecular complexity index is 843. The molecular formula is C18H24Cl2NO3PS. The van der Waals surface area contributed by atoms with Gasteiger partial charge in [-0.15, -0.1) is 23.7 Å². The Kier molecular flexibility index (Phi) is 7.75. The van der Waals surface area contributed by atoms with Crippen molar-refractivity contribution in [1.82, 2.24) is 4.90 Å². The molecule has 8 heteroatoms. The second-order valence-electron chi connectivity index (χ2n) is 6.02. The summed E-state index contributed by atoms with van der Waals surface area (Å²) in [6.45, 7) is 6.15. The first-order chi connectivity index (χ1) is 12.0. The molecule has 0 spiro atoms. The van der Waals surface area contributed by atoms with Gasteiger partial charge in [0.2, 0.25) is 0 Å². The third-order valence-electron chi connectivity index (χ3n) is 4.23. The Hall–Kier alpha value is -0.390. The number of nitrogens with zero attached hydrogens (tertiary/aromatic N) is 1. The third-order valence-corrected chi connectivity index (χ3v) is 7.50. The van der Waals surface area contributed by atoms with Crippen LogP contribution in [0.5, 0.6) is 0 Å². The molecule has 26 heavy (non-hydrogen) atoms. The zero-order valence-corrected chi connectivity index (χ0v) is 18.4. The minimum absolute atomic E-state index is 0. The van der Waals surface area contributed by atoms with Gasteiger partial charge in [-0.2, -0.15) is 0 Å². The largest absolute Gasteiger partial charge is 0.354 e. The number of hydrogen-bond acceptors (Lipinski definition) is 5. The maximum atomic E-state index is 12.7. The van der Waals surface area contributed by atoms with E-state index in [4.69, 9.17) is 20.6 Å². The summed E-state index contributed by atoms with van der Waals surface area (Å²) in [7, 11) is -1.09. The Labute approximate surface area is 170 Å². The first kappa shape index (κ1) is 21.9. The van der Waals surface area contributed by atoms with Gasteiger partial charge in [-0.3, -0.25) is 4.57 Å². The summed E-state index contributed by atoms with van der Waals surface area (Å²) in [6.07, 6.45) is 2.83. The van der Waals surface area contributed by atoms with Crippen molar-refractivity contribution >= 4 is 59.1 Å². The summed E-state index contributed by atoms with van der Waals surface area (Å²) in [6, 6.07) is 4.05. The molecule has 0 atom stereocenters. The van der Waals surface area contributed by atoms with Crippen molar-refractivity contribution in [1.29, 1.82) is 0 Å². The van der Waals surface area contributed by atoms with E-state index in [0.29, 0.717) is 13.2 Å². The van der Waals surface area contributed by atoms with Crippen molar-refractivity contribution in [3.63, 3.8) is 0 Å². The van der Waals surface area contributed by atoms with Crippen LogP contribution in [0.2, 0.25) is 5.02 Å². The Balaban J connectivity index is 0.00000243. The van der Waals surface area contributed by atoms with E-state index in [1.165, 1.54) is 21.2 Å². The van der Waals surface area contributed by atoms with Crippen LogP contribution in [0.4, 0.5) is 0 Å². The van der Waals surface area contributed by atoms with Gasteiger partial charge >= 0.3 is 7.60 Å². The summed E-state index contributed by atoms with van der Waals surface area (Å²) in [5.41, 5.74) is 2.46. The quantitative estimate of drug-likeness (QED) is 0.506. The molecule has 1 aliphatic rings. The number of hydrogen-bond donors (Lipinski definition) is 0. The number of rotatable bonds is 6. The third kappa shape index (κ3) is 4.53. The predicted molar refractivity (Wildman–Crippen MR) is 114 cm³/mol. The zero-order chi connectivity index (χ0) is 18.0. The normalized spacial score (nSPS) is 15.4. The molecule has 0 fully saturated rings. The van der Waals surface area contributed by atoms with Crippen molar-refractivity contribution in [2.45, 2.75) is 26.8 Å². The van der Waals surface area contributed by atoms with E-state index in [1.807, 2.05) is 26.0 Å². The molecule has 0 saturated carbocycles. The number of likely N-dealkylation sites (N-methyl/N-ethyl adjacent to an activating group) is 1. The minimum Gasteiger partial charge on any atom is -0.306 e. The molecule has 2 heterocycles. The lowest BCUT2D eigenvalue weighted by Gasteiger charge is -2.14. The molecule has 3 rings (SSSR count). The van der Waals surface area contributed by atoms with Crippen LogP contribution in [0.15, 0.2) is 17.9 Å². The van der Waals surface area contributed by atoms with E-state index in [0.717, 1.165) is 29.4 Å². The van der Waals surface area contributed by atoms with Gasteiger partial charge in [0, 0.05) is 38.9 Å². The van der Waals surface area contributed by atoms with Crippen LogP contribution in [-0.2, 0) is 26.6 Å². The highest BCUT2D eigenvalue weighted by atomic mass is 35.5. The second kappa shape index (κ2) is 9.20. The molecule has 2 aromatic rings. The van der Waals surface area contributed by atoms with Crippen LogP contribution in [0.3, 0.4) is 0 Å². The van der Waals surface area contributed by atoms with Gasteiger partial charge in [0.05, 0.1) is 13.2 Å². The monoisotopic (exact) mass is 435 g/mol. The lowest BCUT2D eigenvalue weighted by atomic mass is 10.0. The summed E-state index contributed by atoms with van der Waals surface area (Å²) in [4.78, 5) is 3.38. The maximum Gasteiger partial charge on any atom is 0.354 e. The average molecular weight is 436 g/mol. The number of halogens is 2. The fourth-order valence-corrected chi connectivity index (χ4v) is 5.95. The van der Waals surface area contributed by atoms with E-state index in [9.17, 15) is 4.57 Å². The Morgan fingerprint density at radius 3 is 2.62 bits per heavy atom. The lowest BCUT2D eigenvalue weighted by molar-refractivity contribution is 0.229. The average Bonchev–Trinajstić information content (AvgIpc) is 2.80. The van der Waals surface area contributed by atoms with Crippen LogP contribution >= 0.6 is 42.9 Å². The SMILES string of the molecule is CCOP(=O)(/C=C/c1sc2ccc(Cl)c3c2c1CN(C)CC3)OCC.Cl. The van der Waals surface area contributed by atoms with Crippen molar-refractivity contribution in [3.8, 4) is 0 Å². The van der Waals surface area contributed by atoms with E-state index >= 15 is 0 Å². The summed E-state index contributed by atoms with van der Waals surface area (Å²) >= 11 is 8.15. The van der Waals surface area contributed by atoms with Crippen molar-refractivity contribution in [2.24, 2.45) is 0 Å². The molecule has 1 aromatic carbocycles. The smallest absolute Gasteiger partial charge is 0.306 e. The molecule has 0 unspecified atom stereocenters. The highest BCUT2D eigenvalue weighted by Crippen LogP contribution is 2.51. The van der Waals surface area contributed by atoms with E-state index in [-0.39, 0.29) is 12.4 Å². The first-order valence-corrected chi connectivity index (χ1v) is 11.3. The van der Waals surface area contributed by atoms with Gasteiger partial charge in [-0.25, -0.2) is 0 Å². The van der Waals surface area contributed by atoms with E-state index in [2.05, 4.69) is 18.0 Å². The maximum absolute atomic E-state index is 12.7. The predicted octanol–water partition coefficient (Wildman–Crippen LogP) is 6.20. The Morgan fingerprint density at radius 1 is 1.27 bits per heavy atom. The van der Waals surface area contributed by atoms with Crippen LogP contribution in [0.25, 0.3) is 16.2 Å². The van der Waals surface area contributed by atoms with Crippen molar-refractivity contribution in [3.05, 3.63) is 39.0 Å². The van der Waals surface area contributed by atoms with Crippen LogP contribution in [0.1, 0.15) is 29.9 Å². The van der Waals surface area contributed by atoms with Crippen LogP contribution in [-0.4, -0.2) is 31.7 Å². The number of thiophene rings is 1. The molecule has 1 aliphatic heterocycles. The van der Waals surface area contributed by atoms with Crippen molar-refractivity contribution in [2.75, 3.05) is 26.8 Å². The molecule has 0 N–H and O–H groups in total. The molecule has 0 saturated heterocycles. The molecule has 0 bridgehead atoms. The molecule has 0 aliphatic carbocycles. The molecular weight excluding hydrogens is 412 g/mol. The summed E-state index contributed by atoms with van der Waals surface area (Å²) in [5, 5.41) is 2.08. The topological polar surface area (TPSA) is 38.8 Å². The fourth-order valence-electron chi connectivity index (χ4n) is 3.15. The second-order valence-corrected chi connectivity index (χ2v) is 9.41. The summed E-state index contributed by atoms with van der Waals surface area (Å²) in [5.74, 6) is 1.59. The zero-order valence-electron chi connectivity index (χ0n) is 15.2. The first-order valence-electron chi connectivity index (χ1n) is 8.46. The highest BCUT2D eigenvalue weighted by molar-refractivity contribution is 7.57. The standard InChI is InChI=1S/C18H23ClNO3PS.ClH/c1-4-22-24(21,23-5-2)11-9-16-14-12-20(3)10-8-13-15(19)6-7-17(25-16)18(13)14;/h6-7,9,11H,4-5,8,10,12H2,1-3H3;1H/b11-9+;. The molecule has 0 amide bonds.